The van der Waals surface area contributed by atoms with E-state index in [9.17, 15) is 0 Å². The van der Waals surface area contributed by atoms with Crippen LogP contribution in [0.15, 0.2) is 42.5 Å². The lowest BCUT2D eigenvalue weighted by Gasteiger charge is -2.25. The Morgan fingerprint density at radius 1 is 1.17 bits per heavy atom. The lowest BCUT2D eigenvalue weighted by atomic mass is 10.0. The van der Waals surface area contributed by atoms with Crippen LogP contribution in [0, 0.1) is 4.77 Å². The number of ether oxygens (including phenoxy) is 2. The molecule has 3 aromatic rings. The number of aromatic nitrogens is 3. The van der Waals surface area contributed by atoms with Crippen molar-refractivity contribution in [1.82, 2.24) is 19.7 Å². The maximum atomic E-state index is 6.17. The molecule has 2 aromatic carbocycles. The molecule has 1 aliphatic rings. The Morgan fingerprint density at radius 2 is 1.97 bits per heavy atom. The third-order valence-corrected chi connectivity index (χ3v) is 5.83. The van der Waals surface area contributed by atoms with E-state index in [-0.39, 0.29) is 0 Å². The predicted octanol–water partition coefficient (Wildman–Crippen LogP) is 5.07. The number of methoxy groups -OCH3 is 2. The molecular formula is C21H23ClN4O2S. The summed E-state index contributed by atoms with van der Waals surface area (Å²) in [4.78, 5) is 6.94. The van der Waals surface area contributed by atoms with E-state index in [1.54, 1.807) is 20.3 Å². The molecule has 8 heteroatoms. The normalized spacial score (nSPS) is 16.9. The zero-order valence-electron chi connectivity index (χ0n) is 16.4. The Labute approximate surface area is 180 Å². The van der Waals surface area contributed by atoms with Crippen LogP contribution < -0.4 is 9.47 Å². The molecule has 1 aliphatic heterocycles. The average molecular weight is 431 g/mol. The minimum Gasteiger partial charge on any atom is -0.497 e. The maximum absolute atomic E-state index is 6.17. The molecule has 0 radical (unpaired) electrons. The number of rotatable bonds is 6. The molecule has 0 bridgehead atoms. The van der Waals surface area contributed by atoms with Gasteiger partial charge in [0.15, 0.2) is 5.82 Å². The summed E-state index contributed by atoms with van der Waals surface area (Å²) in [6.45, 7) is 1.65. The highest BCUT2D eigenvalue weighted by molar-refractivity contribution is 7.71. The lowest BCUT2D eigenvalue weighted by molar-refractivity contribution is 0.190. The van der Waals surface area contributed by atoms with Gasteiger partial charge in [0.1, 0.15) is 11.5 Å². The van der Waals surface area contributed by atoms with E-state index >= 15 is 0 Å². The molecule has 0 spiro atoms. The summed E-state index contributed by atoms with van der Waals surface area (Å²) in [5, 5.41) is 3.94. The summed E-state index contributed by atoms with van der Waals surface area (Å²) >= 11 is 11.7. The van der Waals surface area contributed by atoms with Crippen molar-refractivity contribution in [2.45, 2.75) is 25.6 Å². The standard InChI is InChI=1S/C21H23ClN4O2S/c1-27-16-8-5-14(6-9-16)18-4-3-11-25(18)13-26-21(29)23-20(24-26)17-12-15(22)7-10-19(17)28-2/h5-10,12,18H,3-4,11,13H2,1-2H3,(H,23,24,29). The molecule has 1 saturated heterocycles. The van der Waals surface area contributed by atoms with Crippen molar-refractivity contribution in [3.63, 3.8) is 0 Å². The molecule has 0 aliphatic carbocycles. The van der Waals surface area contributed by atoms with Gasteiger partial charge in [-0.1, -0.05) is 23.7 Å². The molecule has 2 heterocycles. The summed E-state index contributed by atoms with van der Waals surface area (Å²) in [6, 6.07) is 14.1. The van der Waals surface area contributed by atoms with Gasteiger partial charge in [-0.3, -0.25) is 10.00 Å². The molecule has 0 saturated carbocycles. The minimum atomic E-state index is 0.343. The van der Waals surface area contributed by atoms with Crippen LogP contribution in [0.3, 0.4) is 0 Å². The van der Waals surface area contributed by atoms with Gasteiger partial charge in [0.2, 0.25) is 4.77 Å². The molecule has 1 fully saturated rings. The third-order valence-electron chi connectivity index (χ3n) is 5.28. The van der Waals surface area contributed by atoms with E-state index in [1.165, 1.54) is 5.56 Å². The predicted molar refractivity (Wildman–Crippen MR) is 116 cm³/mol. The Morgan fingerprint density at radius 3 is 2.69 bits per heavy atom. The van der Waals surface area contributed by atoms with E-state index in [2.05, 4.69) is 27.1 Å². The molecule has 1 atom stereocenters. The average Bonchev–Trinajstić information content (AvgIpc) is 3.35. The SMILES string of the molecule is COc1ccc(C2CCCN2Cn2[nH]c(-c3cc(Cl)ccc3OC)nc2=S)cc1. The summed E-state index contributed by atoms with van der Waals surface area (Å²) in [5.41, 5.74) is 2.07. The van der Waals surface area contributed by atoms with Crippen LogP contribution >= 0.6 is 23.8 Å². The highest BCUT2D eigenvalue weighted by Gasteiger charge is 2.26. The number of aromatic amines is 1. The van der Waals surface area contributed by atoms with E-state index < -0.39 is 0 Å². The second kappa shape index (κ2) is 8.57. The Hall–Kier alpha value is -2.35. The number of nitrogens with one attached hydrogen (secondary N) is 1. The fraction of sp³-hybridized carbons (Fsp3) is 0.333. The molecule has 152 valence electrons. The summed E-state index contributed by atoms with van der Waals surface area (Å²) in [5.74, 6) is 2.21. The zero-order valence-corrected chi connectivity index (χ0v) is 18.0. The quantitative estimate of drug-likeness (QED) is 0.553. The van der Waals surface area contributed by atoms with Gasteiger partial charge in [-0.05, 0) is 61.0 Å². The van der Waals surface area contributed by atoms with Gasteiger partial charge < -0.3 is 9.47 Å². The van der Waals surface area contributed by atoms with Crippen LogP contribution in [0.5, 0.6) is 11.5 Å². The monoisotopic (exact) mass is 430 g/mol. The zero-order chi connectivity index (χ0) is 20.4. The fourth-order valence-corrected chi connectivity index (χ4v) is 4.19. The molecule has 1 aromatic heterocycles. The second-order valence-corrected chi connectivity index (χ2v) is 7.81. The number of hydrogen-bond acceptors (Lipinski definition) is 5. The Balaban J connectivity index is 1.58. The minimum absolute atomic E-state index is 0.343. The molecular weight excluding hydrogens is 408 g/mol. The van der Waals surface area contributed by atoms with Crippen molar-refractivity contribution in [3.8, 4) is 22.9 Å². The van der Waals surface area contributed by atoms with Crippen molar-refractivity contribution in [3.05, 3.63) is 57.8 Å². The topological polar surface area (TPSA) is 55.3 Å². The maximum Gasteiger partial charge on any atom is 0.217 e. The van der Waals surface area contributed by atoms with Gasteiger partial charge in [-0.15, -0.1) is 0 Å². The molecule has 1 N–H and O–H groups in total. The molecule has 6 nitrogen and oxygen atoms in total. The van der Waals surface area contributed by atoms with E-state index in [1.807, 2.05) is 28.9 Å². The number of halogens is 1. The van der Waals surface area contributed by atoms with Gasteiger partial charge >= 0.3 is 0 Å². The van der Waals surface area contributed by atoms with Crippen LogP contribution in [0.1, 0.15) is 24.4 Å². The lowest BCUT2D eigenvalue weighted by Crippen LogP contribution is -2.26. The number of nitrogens with zero attached hydrogens (tertiary/aromatic N) is 3. The highest BCUT2D eigenvalue weighted by atomic mass is 35.5. The van der Waals surface area contributed by atoms with Gasteiger partial charge in [-0.2, -0.15) is 4.98 Å². The first kappa shape index (κ1) is 19.9. The second-order valence-electron chi connectivity index (χ2n) is 7.01. The van der Waals surface area contributed by atoms with Crippen molar-refractivity contribution < 1.29 is 9.47 Å². The number of hydrogen-bond donors (Lipinski definition) is 1. The first-order chi connectivity index (χ1) is 14.1. The van der Waals surface area contributed by atoms with Crippen LogP contribution in [0.25, 0.3) is 11.4 Å². The van der Waals surface area contributed by atoms with Gasteiger partial charge in [0.05, 0.1) is 26.5 Å². The van der Waals surface area contributed by atoms with Gasteiger partial charge in [0, 0.05) is 17.6 Å². The van der Waals surface area contributed by atoms with Crippen molar-refractivity contribution in [1.29, 1.82) is 0 Å². The molecule has 1 unspecified atom stereocenters. The summed E-state index contributed by atoms with van der Waals surface area (Å²) in [6.07, 6.45) is 2.26. The number of H-pyrrole nitrogens is 1. The summed E-state index contributed by atoms with van der Waals surface area (Å²) < 4.78 is 13.1. The smallest absolute Gasteiger partial charge is 0.217 e. The number of likely N-dealkylation sites (tertiary alicyclic amines) is 1. The molecule has 0 amide bonds. The van der Waals surface area contributed by atoms with E-state index in [4.69, 9.17) is 33.3 Å². The first-order valence-electron chi connectivity index (χ1n) is 9.48. The van der Waals surface area contributed by atoms with Crippen LogP contribution in [0.4, 0.5) is 0 Å². The fourth-order valence-electron chi connectivity index (χ4n) is 3.82. The van der Waals surface area contributed by atoms with Gasteiger partial charge in [0.25, 0.3) is 0 Å². The number of benzene rings is 2. The summed E-state index contributed by atoms with van der Waals surface area (Å²) in [7, 11) is 3.31. The third kappa shape index (κ3) is 4.17. The Bertz CT molecular complexity index is 1050. The van der Waals surface area contributed by atoms with Crippen molar-refractivity contribution >= 4 is 23.8 Å². The van der Waals surface area contributed by atoms with Crippen molar-refractivity contribution in [2.75, 3.05) is 20.8 Å². The molecule has 4 rings (SSSR count). The molecule has 29 heavy (non-hydrogen) atoms. The van der Waals surface area contributed by atoms with Crippen LogP contribution in [0.2, 0.25) is 5.02 Å². The van der Waals surface area contributed by atoms with Gasteiger partial charge in [-0.25, -0.2) is 4.68 Å². The van der Waals surface area contributed by atoms with Crippen molar-refractivity contribution in [2.24, 2.45) is 0 Å². The largest absolute Gasteiger partial charge is 0.497 e. The van der Waals surface area contributed by atoms with E-state index in [0.29, 0.717) is 34.1 Å². The highest BCUT2D eigenvalue weighted by Crippen LogP contribution is 2.34. The first-order valence-corrected chi connectivity index (χ1v) is 10.3. The van der Waals surface area contributed by atoms with E-state index in [0.717, 1.165) is 30.7 Å². The van der Waals surface area contributed by atoms with Crippen LogP contribution in [-0.4, -0.2) is 40.4 Å². The van der Waals surface area contributed by atoms with Crippen LogP contribution in [-0.2, 0) is 6.67 Å². The Kier molecular flexibility index (Phi) is 5.89.